The minimum absolute atomic E-state index is 0.0344. The quantitative estimate of drug-likeness (QED) is 0.0489. The number of amides is 3. The van der Waals surface area contributed by atoms with Crippen LogP contribution in [0.2, 0.25) is 25.1 Å². The number of carbonyl (C=O) groups excluding carboxylic acids is 3. The lowest BCUT2D eigenvalue weighted by Crippen LogP contribution is -2.41. The highest BCUT2D eigenvalue weighted by atomic mass is 35.5. The first-order valence-corrected chi connectivity index (χ1v) is 39.3. The Kier molecular flexibility index (Phi) is 25.0. The smallest absolute Gasteiger partial charge is 0.220 e. The molecule has 10 heterocycles. The summed E-state index contributed by atoms with van der Waals surface area (Å²) in [7, 11) is -1.27. The molecular formula is C75H89Cl5N18O6S. The summed E-state index contributed by atoms with van der Waals surface area (Å²) in [6, 6.07) is 29.0. The van der Waals surface area contributed by atoms with Gasteiger partial charge in [-0.05, 0) is 146 Å². The number of carbonyl (C=O) groups is 3. The van der Waals surface area contributed by atoms with E-state index in [4.69, 9.17) is 58.0 Å². The van der Waals surface area contributed by atoms with E-state index in [1.807, 2.05) is 115 Å². The van der Waals surface area contributed by atoms with Gasteiger partial charge in [-0.3, -0.25) is 39.9 Å². The van der Waals surface area contributed by atoms with Crippen molar-refractivity contribution >= 4 is 163 Å². The summed E-state index contributed by atoms with van der Waals surface area (Å²) in [6.07, 6.45) is 19.5. The Morgan fingerprint density at radius 2 is 0.990 bits per heavy atom. The van der Waals surface area contributed by atoms with Crippen LogP contribution in [0, 0.1) is 23.2 Å². The van der Waals surface area contributed by atoms with E-state index >= 15 is 0 Å². The molecule has 11 aromatic rings. The molecule has 0 aliphatic carbocycles. The van der Waals surface area contributed by atoms with Crippen molar-refractivity contribution in [2.45, 2.75) is 84.2 Å². The first-order chi connectivity index (χ1) is 50.5. The van der Waals surface area contributed by atoms with Crippen molar-refractivity contribution in [1.82, 2.24) is 71.2 Å². The zero-order valence-corrected chi connectivity index (χ0v) is 63.8. The van der Waals surface area contributed by atoms with E-state index < -0.39 is 16.1 Å². The van der Waals surface area contributed by atoms with E-state index in [1.165, 1.54) is 6.26 Å². The third-order valence-corrected chi connectivity index (χ3v) is 22.4. The van der Waals surface area contributed by atoms with Crippen LogP contribution in [0.3, 0.4) is 0 Å². The number of rotatable bonds is 14. The predicted octanol–water partition coefficient (Wildman–Crippen LogP) is 13.3. The number of hydrogen-bond acceptors (Lipinski definition) is 15. The number of anilines is 4. The van der Waals surface area contributed by atoms with Crippen molar-refractivity contribution in [3.8, 4) is 0 Å². The summed E-state index contributed by atoms with van der Waals surface area (Å²) in [6.45, 7) is 13.6. The Bertz CT molecular complexity index is 4920. The molecule has 5 saturated heterocycles. The van der Waals surface area contributed by atoms with Crippen LogP contribution in [-0.4, -0.2) is 179 Å². The molecule has 16 rings (SSSR count). The number of nitrogens with zero attached hydrogens (tertiary/aromatic N) is 10. The molecule has 3 amide bonds. The molecule has 0 radical (unpaired) electrons. The lowest BCUT2D eigenvalue weighted by Gasteiger charge is -2.39. The molecule has 5 aromatic heterocycles. The molecule has 105 heavy (non-hydrogen) atoms. The summed E-state index contributed by atoms with van der Waals surface area (Å²) >= 11 is 30.9. The van der Waals surface area contributed by atoms with Crippen molar-refractivity contribution < 1.29 is 27.9 Å². The van der Waals surface area contributed by atoms with E-state index in [0.29, 0.717) is 52.2 Å². The number of benzene rings is 6. The third-order valence-electron chi connectivity index (χ3n) is 20.6. The van der Waals surface area contributed by atoms with Crippen molar-refractivity contribution in [2.24, 2.45) is 23.2 Å². The Morgan fingerprint density at radius 1 is 0.571 bits per heavy atom. The lowest BCUT2D eigenvalue weighted by molar-refractivity contribution is -0.128. The molecule has 1 spiro atoms. The Balaban J connectivity index is 0.000000123. The second-order valence-electron chi connectivity index (χ2n) is 28.3. The van der Waals surface area contributed by atoms with Crippen LogP contribution in [0.25, 0.3) is 54.5 Å². The predicted molar refractivity (Wildman–Crippen MR) is 422 cm³/mol. The number of nitrogens with one attached hydrogen (secondary N) is 8. The maximum atomic E-state index is 11.5. The van der Waals surface area contributed by atoms with Gasteiger partial charge in [0.25, 0.3) is 0 Å². The summed E-state index contributed by atoms with van der Waals surface area (Å²) in [4.78, 5) is 45.1. The van der Waals surface area contributed by atoms with Gasteiger partial charge in [0, 0.05) is 187 Å². The molecule has 0 bridgehead atoms. The molecule has 24 nitrogen and oxygen atoms in total. The number of halogens is 5. The van der Waals surface area contributed by atoms with Crippen molar-refractivity contribution in [3.63, 3.8) is 0 Å². The number of aliphatic hydroxyl groups is 1. The number of aromatic nitrogens is 10. The van der Waals surface area contributed by atoms with Crippen LogP contribution in [0.1, 0.15) is 88.9 Å². The molecule has 0 saturated carbocycles. The first kappa shape index (κ1) is 76.3. The van der Waals surface area contributed by atoms with Gasteiger partial charge in [0.15, 0.2) is 0 Å². The van der Waals surface area contributed by atoms with E-state index in [1.54, 1.807) is 32.3 Å². The minimum Gasteiger partial charge on any atom is -0.388 e. The van der Waals surface area contributed by atoms with Crippen LogP contribution in [0.4, 0.5) is 22.7 Å². The summed E-state index contributed by atoms with van der Waals surface area (Å²) in [5, 5.41) is 60.2. The zero-order valence-electron chi connectivity index (χ0n) is 59.2. The van der Waals surface area contributed by atoms with E-state index in [0.717, 1.165) is 222 Å². The van der Waals surface area contributed by atoms with E-state index in [2.05, 4.69) is 85.9 Å². The van der Waals surface area contributed by atoms with Gasteiger partial charge in [0.2, 0.25) is 27.7 Å². The summed E-state index contributed by atoms with van der Waals surface area (Å²) in [5.74, 6) is 1.71. The van der Waals surface area contributed by atoms with Gasteiger partial charge in [-0.1, -0.05) is 88.3 Å². The molecule has 5 aliphatic heterocycles. The standard InChI is InChI=1S/C16H21ClN4O.C15H17ClN4O.C15H19ClN4O.C15H13ClN2O.C14H19ClN4O2S/c1-11(22)20(2)10-12-3-5-21(6-4-12)16-8-13(17)7-15-14(16)9-18-19-15;16-10-5-12-11(8-18-19-12)13(6-10)20-3-1-15(2-4-20)7-14(21)17-9-15;1-10(21)17-7-11-3-2-4-20(9-11)15-6-12(16)5-14-13(15)8-18-19-14;16-11-7-12(13-9-17-18-14(13)8-11)15(19)6-10-4-2-1-3-5-10;1-22(20,21)17-7-10-3-2-4-19(9-10)14-6-11(15)5-13-12(14)8-16-18-13/h7-9,12H,3-6,10H2,1-2H3,(H,18,19);5-6,8H,1-4,7,9H2,(H,17,21)(H,18,19);5-6,8,11H,2-4,7,9H2,1H3,(H,17,21)(H,18,19);1-5,7-9,15,19H,6H2,(H,17,18);5-6,8,10,17H,2-4,7,9H2,1H3,(H,16,18). The highest BCUT2D eigenvalue weighted by Gasteiger charge is 2.41. The van der Waals surface area contributed by atoms with Crippen LogP contribution in [0.5, 0.6) is 0 Å². The average molecular weight is 1550 g/mol. The van der Waals surface area contributed by atoms with Gasteiger partial charge in [0.05, 0.1) is 70.9 Å². The highest BCUT2D eigenvalue weighted by Crippen LogP contribution is 2.42. The van der Waals surface area contributed by atoms with Crippen molar-refractivity contribution in [2.75, 3.05) is 111 Å². The number of aliphatic hydroxyl groups excluding tert-OH is 1. The fraction of sp³-hybridized carbons (Fsp3) is 0.413. The van der Waals surface area contributed by atoms with Gasteiger partial charge in [-0.15, -0.1) is 0 Å². The Hall–Kier alpha value is -8.40. The van der Waals surface area contributed by atoms with E-state index in [-0.39, 0.29) is 23.1 Å². The van der Waals surface area contributed by atoms with Crippen molar-refractivity contribution in [3.05, 3.63) is 158 Å². The second-order valence-corrected chi connectivity index (χ2v) is 32.3. The van der Waals surface area contributed by atoms with Gasteiger partial charge >= 0.3 is 0 Å². The SMILES string of the molecule is CC(=O)N(C)CC1CCN(c2cc(Cl)cc3[nH]ncc23)CC1.CC(=O)NCC1CCCN(c2cc(Cl)cc3[nH]ncc23)C1.CS(=O)(=O)NCC1CCCN(c2cc(Cl)cc3[nH]ncc23)C1.O=C1CC2(CCN(c3cc(Cl)cc4[nH]ncc34)CC2)CN1.OC(Cc1ccccc1)c1cc(Cl)cc2[nH]ncc12. The molecular weight excluding hydrogens is 1460 g/mol. The molecule has 5 aliphatic rings. The summed E-state index contributed by atoms with van der Waals surface area (Å²) in [5.41, 5.74) is 11.2. The van der Waals surface area contributed by atoms with E-state index in [9.17, 15) is 27.9 Å². The topological polar surface area (TPSA) is 301 Å². The fourth-order valence-electron chi connectivity index (χ4n) is 15.0. The molecule has 9 N–H and O–H groups in total. The van der Waals surface area contributed by atoms with Crippen LogP contribution in [-0.2, 0) is 30.8 Å². The van der Waals surface area contributed by atoms with Gasteiger partial charge in [0.1, 0.15) is 0 Å². The Labute approximate surface area is 635 Å². The van der Waals surface area contributed by atoms with Gasteiger partial charge in [-0.25, -0.2) is 13.1 Å². The molecule has 30 heteroatoms. The molecule has 3 unspecified atom stereocenters. The van der Waals surface area contributed by atoms with Crippen LogP contribution >= 0.6 is 58.0 Å². The first-order valence-electron chi connectivity index (χ1n) is 35.5. The molecule has 556 valence electrons. The number of H-pyrrole nitrogens is 5. The van der Waals surface area contributed by atoms with Crippen LogP contribution in [0.15, 0.2) is 122 Å². The van der Waals surface area contributed by atoms with Crippen molar-refractivity contribution in [1.29, 1.82) is 0 Å². The Morgan fingerprint density at radius 3 is 1.42 bits per heavy atom. The normalized spacial score (nSPS) is 17.9. The van der Waals surface area contributed by atoms with Crippen LogP contribution < -0.4 is 35.0 Å². The zero-order chi connectivity index (χ0) is 73.9. The maximum Gasteiger partial charge on any atom is 0.220 e. The maximum absolute atomic E-state index is 11.5. The second kappa shape index (κ2) is 34.4. The molecule has 3 atom stereocenters. The number of piperidine rings is 4. The minimum atomic E-state index is -3.14. The highest BCUT2D eigenvalue weighted by molar-refractivity contribution is 7.88. The number of aromatic amines is 5. The van der Waals surface area contributed by atoms with Gasteiger partial charge < -0.3 is 40.2 Å². The number of fused-ring (bicyclic) bond motifs is 5. The number of hydrogen-bond donors (Lipinski definition) is 9. The van der Waals surface area contributed by atoms with Gasteiger partial charge in [-0.2, -0.15) is 25.5 Å². The monoisotopic (exact) mass is 1540 g/mol. The third kappa shape index (κ3) is 19.8. The molecule has 6 aromatic carbocycles. The average Bonchev–Trinajstić information content (AvgIpc) is 1.72. The fourth-order valence-corrected chi connectivity index (χ4v) is 16.6. The lowest BCUT2D eigenvalue weighted by atomic mass is 9.77. The number of sulfonamides is 1. The molecule has 5 fully saturated rings. The summed E-state index contributed by atoms with van der Waals surface area (Å²) < 4.78 is 25.1. The largest absolute Gasteiger partial charge is 0.388 e.